The van der Waals surface area contributed by atoms with Gasteiger partial charge in [-0.2, -0.15) is 0 Å². The van der Waals surface area contributed by atoms with Gasteiger partial charge in [-0.3, -0.25) is 4.98 Å². The fraction of sp³-hybridized carbons (Fsp3) is 0.250. The molecule has 2 rings (SSSR count). The molecule has 2 N–H and O–H groups in total. The molecule has 0 aliphatic heterocycles. The zero-order valence-corrected chi connectivity index (χ0v) is 11.0. The number of pyridine rings is 1. The molecule has 0 aromatic carbocycles. The summed E-state index contributed by atoms with van der Waals surface area (Å²) in [4.78, 5) is 12.2. The molecule has 0 aliphatic carbocycles. The lowest BCUT2D eigenvalue weighted by molar-refractivity contribution is 1.06. The van der Waals surface area contributed by atoms with Crippen LogP contribution in [0.5, 0.6) is 0 Å². The van der Waals surface area contributed by atoms with Gasteiger partial charge in [-0.25, -0.2) is 9.97 Å². The molecular formula is C12H14ClN5. The molecule has 2 aromatic rings. The lowest BCUT2D eigenvalue weighted by atomic mass is 10.2. The monoisotopic (exact) mass is 263 g/mol. The molecule has 0 spiro atoms. The van der Waals surface area contributed by atoms with E-state index in [1.54, 1.807) is 7.05 Å². The van der Waals surface area contributed by atoms with Gasteiger partial charge in [-0.1, -0.05) is 17.7 Å². The van der Waals surface area contributed by atoms with Crippen LogP contribution in [-0.4, -0.2) is 22.0 Å². The zero-order chi connectivity index (χ0) is 13.0. The third-order valence-corrected chi connectivity index (χ3v) is 2.73. The van der Waals surface area contributed by atoms with E-state index >= 15 is 0 Å². The van der Waals surface area contributed by atoms with Gasteiger partial charge in [0.1, 0.15) is 12.0 Å². The summed E-state index contributed by atoms with van der Waals surface area (Å²) in [5.74, 6) is 0.680. The van der Waals surface area contributed by atoms with Crippen LogP contribution in [0.15, 0.2) is 24.8 Å². The number of aryl methyl sites for hydroxylation is 1. The van der Waals surface area contributed by atoms with Gasteiger partial charge in [-0.15, -0.1) is 0 Å². The highest BCUT2D eigenvalue weighted by atomic mass is 35.5. The van der Waals surface area contributed by atoms with E-state index in [2.05, 4.69) is 31.7 Å². The van der Waals surface area contributed by atoms with Gasteiger partial charge in [-0.05, 0) is 18.1 Å². The van der Waals surface area contributed by atoms with Gasteiger partial charge < -0.3 is 10.6 Å². The highest BCUT2D eigenvalue weighted by Gasteiger charge is 2.07. The van der Waals surface area contributed by atoms with Crippen LogP contribution in [0.3, 0.4) is 0 Å². The van der Waals surface area contributed by atoms with Crippen LogP contribution in [0.25, 0.3) is 0 Å². The van der Waals surface area contributed by atoms with Gasteiger partial charge in [0.15, 0.2) is 11.0 Å². The van der Waals surface area contributed by atoms with Crippen molar-refractivity contribution in [3.05, 3.63) is 41.1 Å². The molecule has 94 valence electrons. The first kappa shape index (κ1) is 12.6. The average molecular weight is 264 g/mol. The Morgan fingerprint density at radius 1 is 1.28 bits per heavy atom. The van der Waals surface area contributed by atoms with E-state index in [-0.39, 0.29) is 0 Å². The maximum atomic E-state index is 5.97. The van der Waals surface area contributed by atoms with Gasteiger partial charge >= 0.3 is 0 Å². The van der Waals surface area contributed by atoms with Crippen molar-refractivity contribution in [3.8, 4) is 0 Å². The summed E-state index contributed by atoms with van der Waals surface area (Å²) in [6.07, 6.45) is 5.08. The summed E-state index contributed by atoms with van der Waals surface area (Å²) in [6.45, 7) is 2.65. The quantitative estimate of drug-likeness (QED) is 0.830. The SMILES string of the molecule is CNc1c(Cl)ncnc1NCc1cncc(C)c1. The Morgan fingerprint density at radius 3 is 2.83 bits per heavy atom. The summed E-state index contributed by atoms with van der Waals surface area (Å²) < 4.78 is 0. The summed E-state index contributed by atoms with van der Waals surface area (Å²) in [6, 6.07) is 2.07. The first-order valence-corrected chi connectivity index (χ1v) is 5.91. The smallest absolute Gasteiger partial charge is 0.157 e. The Balaban J connectivity index is 2.13. The minimum Gasteiger partial charge on any atom is -0.383 e. The molecular weight excluding hydrogens is 250 g/mol. The van der Waals surface area contributed by atoms with Crippen molar-refractivity contribution >= 4 is 23.1 Å². The Labute approximate surface area is 111 Å². The highest BCUT2D eigenvalue weighted by molar-refractivity contribution is 6.32. The number of aromatic nitrogens is 3. The molecule has 0 unspecified atom stereocenters. The highest BCUT2D eigenvalue weighted by Crippen LogP contribution is 2.25. The topological polar surface area (TPSA) is 62.7 Å². The Hall–Kier alpha value is -1.88. The Bertz CT molecular complexity index is 544. The molecule has 0 radical (unpaired) electrons. The Morgan fingerprint density at radius 2 is 2.11 bits per heavy atom. The molecule has 2 heterocycles. The summed E-state index contributed by atoms with van der Waals surface area (Å²) in [7, 11) is 1.78. The fourth-order valence-corrected chi connectivity index (χ4v) is 1.85. The van der Waals surface area contributed by atoms with Crippen LogP contribution in [-0.2, 0) is 6.54 Å². The number of hydrogen-bond donors (Lipinski definition) is 2. The third kappa shape index (κ3) is 2.87. The minimum absolute atomic E-state index is 0.400. The molecule has 0 amide bonds. The van der Waals surface area contributed by atoms with Crippen LogP contribution in [0.1, 0.15) is 11.1 Å². The van der Waals surface area contributed by atoms with Crippen LogP contribution in [0.2, 0.25) is 5.15 Å². The summed E-state index contributed by atoms with van der Waals surface area (Å²) in [5.41, 5.74) is 2.91. The largest absolute Gasteiger partial charge is 0.383 e. The molecule has 0 atom stereocenters. The van der Waals surface area contributed by atoms with Crippen LogP contribution in [0.4, 0.5) is 11.5 Å². The van der Waals surface area contributed by atoms with E-state index in [9.17, 15) is 0 Å². The van der Waals surface area contributed by atoms with Crippen molar-refractivity contribution in [2.45, 2.75) is 13.5 Å². The molecule has 0 saturated carbocycles. The molecule has 0 fully saturated rings. The number of hydrogen-bond acceptors (Lipinski definition) is 5. The summed E-state index contributed by atoms with van der Waals surface area (Å²) >= 11 is 5.97. The van der Waals surface area contributed by atoms with Crippen molar-refractivity contribution in [2.75, 3.05) is 17.7 Å². The number of halogens is 1. The van der Waals surface area contributed by atoms with E-state index in [4.69, 9.17) is 11.6 Å². The van der Waals surface area contributed by atoms with Crippen molar-refractivity contribution in [1.29, 1.82) is 0 Å². The lowest BCUT2D eigenvalue weighted by Gasteiger charge is -2.11. The van der Waals surface area contributed by atoms with Crippen molar-refractivity contribution in [1.82, 2.24) is 15.0 Å². The van der Waals surface area contributed by atoms with Crippen LogP contribution < -0.4 is 10.6 Å². The number of rotatable bonds is 4. The summed E-state index contributed by atoms with van der Waals surface area (Å²) in [5, 5.41) is 6.59. The number of nitrogens with one attached hydrogen (secondary N) is 2. The van der Waals surface area contributed by atoms with E-state index in [0.29, 0.717) is 23.2 Å². The predicted molar refractivity (Wildman–Crippen MR) is 72.9 cm³/mol. The first-order valence-electron chi connectivity index (χ1n) is 5.53. The standard InChI is InChI=1S/C12H14ClN5/c1-8-3-9(5-15-4-8)6-16-12-10(14-2)11(13)17-7-18-12/h3-5,7,14H,6H2,1-2H3,(H,16,17,18). The average Bonchev–Trinajstić information content (AvgIpc) is 2.36. The number of nitrogens with zero attached hydrogens (tertiary/aromatic N) is 3. The van der Waals surface area contributed by atoms with Crippen molar-refractivity contribution in [2.24, 2.45) is 0 Å². The molecule has 5 nitrogen and oxygen atoms in total. The molecule has 2 aromatic heterocycles. The predicted octanol–water partition coefficient (Wildman–Crippen LogP) is 2.49. The van der Waals surface area contributed by atoms with Crippen LogP contribution >= 0.6 is 11.6 Å². The third-order valence-electron chi connectivity index (χ3n) is 2.44. The van der Waals surface area contributed by atoms with Crippen molar-refractivity contribution in [3.63, 3.8) is 0 Å². The van der Waals surface area contributed by atoms with Gasteiger partial charge in [0.05, 0.1) is 0 Å². The van der Waals surface area contributed by atoms with E-state index < -0.39 is 0 Å². The van der Waals surface area contributed by atoms with E-state index in [0.717, 1.165) is 11.1 Å². The molecule has 18 heavy (non-hydrogen) atoms. The second kappa shape index (κ2) is 5.64. The maximum absolute atomic E-state index is 5.97. The molecule has 0 bridgehead atoms. The fourth-order valence-electron chi connectivity index (χ4n) is 1.62. The maximum Gasteiger partial charge on any atom is 0.157 e. The minimum atomic E-state index is 0.400. The van der Waals surface area contributed by atoms with Crippen molar-refractivity contribution < 1.29 is 0 Å². The Kier molecular flexibility index (Phi) is 3.94. The zero-order valence-electron chi connectivity index (χ0n) is 10.2. The normalized spacial score (nSPS) is 10.2. The molecule has 0 aliphatic rings. The van der Waals surface area contributed by atoms with Gasteiger partial charge in [0.2, 0.25) is 0 Å². The second-order valence-electron chi connectivity index (χ2n) is 3.86. The molecule has 6 heteroatoms. The second-order valence-corrected chi connectivity index (χ2v) is 4.22. The van der Waals surface area contributed by atoms with E-state index in [1.807, 2.05) is 19.3 Å². The van der Waals surface area contributed by atoms with E-state index in [1.165, 1.54) is 6.33 Å². The lowest BCUT2D eigenvalue weighted by Crippen LogP contribution is -2.06. The first-order chi connectivity index (χ1) is 8.70. The number of anilines is 2. The van der Waals surface area contributed by atoms with Gasteiger partial charge in [0.25, 0.3) is 0 Å². The van der Waals surface area contributed by atoms with Crippen LogP contribution in [0, 0.1) is 6.92 Å². The molecule has 0 saturated heterocycles. The van der Waals surface area contributed by atoms with Gasteiger partial charge in [0, 0.05) is 26.0 Å².